The summed E-state index contributed by atoms with van der Waals surface area (Å²) in [7, 11) is 0. The molecule has 1 aliphatic heterocycles. The molecule has 0 saturated carbocycles. The van der Waals surface area contributed by atoms with E-state index in [0.29, 0.717) is 5.82 Å². The van der Waals surface area contributed by atoms with Crippen LogP contribution in [0.4, 0.5) is 11.5 Å². The van der Waals surface area contributed by atoms with Gasteiger partial charge in [0, 0.05) is 39.0 Å². The van der Waals surface area contributed by atoms with E-state index in [4.69, 9.17) is 0 Å². The third-order valence-corrected chi connectivity index (χ3v) is 3.61. The van der Waals surface area contributed by atoms with Gasteiger partial charge in [-0.2, -0.15) is 0 Å². The number of hydrogen-bond donors (Lipinski definition) is 1. The molecule has 1 aliphatic rings. The Hall–Kier alpha value is -2.11. The molecule has 1 fully saturated rings. The third-order valence-electron chi connectivity index (χ3n) is 3.61. The summed E-state index contributed by atoms with van der Waals surface area (Å²) in [5.74, 6) is 0.593. The maximum Gasteiger partial charge on any atom is 0.228 e. The SMILES string of the molecule is CC(=O)N1CCN(c2ccc(NC(=O)C(C)C)nc2)CC1. The molecule has 0 atom stereocenters. The molecule has 2 rings (SSSR count). The molecule has 1 aromatic heterocycles. The highest BCUT2D eigenvalue weighted by Gasteiger charge is 2.19. The van der Waals surface area contributed by atoms with E-state index in [1.54, 1.807) is 13.1 Å². The van der Waals surface area contributed by atoms with Crippen molar-refractivity contribution in [3.8, 4) is 0 Å². The zero-order valence-corrected chi connectivity index (χ0v) is 12.8. The molecule has 6 nitrogen and oxygen atoms in total. The van der Waals surface area contributed by atoms with Crippen molar-refractivity contribution in [3.63, 3.8) is 0 Å². The molecule has 6 heteroatoms. The van der Waals surface area contributed by atoms with Crippen LogP contribution < -0.4 is 10.2 Å². The van der Waals surface area contributed by atoms with E-state index in [0.717, 1.165) is 31.9 Å². The summed E-state index contributed by atoms with van der Waals surface area (Å²) in [6, 6.07) is 3.76. The van der Waals surface area contributed by atoms with Gasteiger partial charge in [0.15, 0.2) is 0 Å². The van der Waals surface area contributed by atoms with Crippen LogP contribution in [0.15, 0.2) is 18.3 Å². The second-order valence-corrected chi connectivity index (χ2v) is 5.54. The van der Waals surface area contributed by atoms with Gasteiger partial charge in [-0.15, -0.1) is 0 Å². The molecular formula is C15H22N4O2. The highest BCUT2D eigenvalue weighted by atomic mass is 16.2. The first-order valence-corrected chi connectivity index (χ1v) is 7.24. The molecule has 114 valence electrons. The van der Waals surface area contributed by atoms with E-state index in [2.05, 4.69) is 15.2 Å². The highest BCUT2D eigenvalue weighted by Crippen LogP contribution is 2.17. The second-order valence-electron chi connectivity index (χ2n) is 5.54. The number of nitrogens with one attached hydrogen (secondary N) is 1. The maximum atomic E-state index is 11.6. The molecule has 0 unspecified atom stereocenters. The lowest BCUT2D eigenvalue weighted by Crippen LogP contribution is -2.48. The van der Waals surface area contributed by atoms with Gasteiger partial charge in [-0.1, -0.05) is 13.8 Å². The van der Waals surface area contributed by atoms with E-state index in [1.165, 1.54) is 0 Å². The Morgan fingerprint density at radius 1 is 1.19 bits per heavy atom. The number of amides is 2. The number of anilines is 2. The molecule has 2 heterocycles. The van der Waals surface area contributed by atoms with E-state index in [-0.39, 0.29) is 17.7 Å². The van der Waals surface area contributed by atoms with Crippen LogP contribution in [0, 0.1) is 5.92 Å². The summed E-state index contributed by atoms with van der Waals surface area (Å²) in [4.78, 5) is 31.2. The lowest BCUT2D eigenvalue weighted by Gasteiger charge is -2.35. The van der Waals surface area contributed by atoms with Crippen LogP contribution in [0.25, 0.3) is 0 Å². The van der Waals surface area contributed by atoms with E-state index in [9.17, 15) is 9.59 Å². The van der Waals surface area contributed by atoms with Gasteiger partial charge in [0.1, 0.15) is 5.82 Å². The van der Waals surface area contributed by atoms with Crippen LogP contribution in [0.2, 0.25) is 0 Å². The summed E-state index contributed by atoms with van der Waals surface area (Å²) in [6.45, 7) is 8.38. The van der Waals surface area contributed by atoms with Crippen molar-refractivity contribution in [3.05, 3.63) is 18.3 Å². The predicted octanol–water partition coefficient (Wildman–Crippen LogP) is 1.34. The molecule has 0 radical (unpaired) electrons. The first-order chi connectivity index (χ1) is 9.97. The lowest BCUT2D eigenvalue weighted by atomic mass is 10.2. The van der Waals surface area contributed by atoms with Gasteiger partial charge in [-0.05, 0) is 12.1 Å². The number of piperazine rings is 1. The molecular weight excluding hydrogens is 268 g/mol. The van der Waals surface area contributed by atoms with Crippen LogP contribution in [-0.2, 0) is 9.59 Å². The molecule has 1 aromatic rings. The predicted molar refractivity (Wildman–Crippen MR) is 82.2 cm³/mol. The second kappa shape index (κ2) is 6.56. The summed E-state index contributed by atoms with van der Waals surface area (Å²) in [6.07, 6.45) is 1.76. The molecule has 0 aromatic carbocycles. The Labute approximate surface area is 125 Å². The molecule has 1 N–H and O–H groups in total. The third kappa shape index (κ3) is 3.93. The van der Waals surface area contributed by atoms with Gasteiger partial charge < -0.3 is 15.1 Å². The smallest absolute Gasteiger partial charge is 0.228 e. The molecule has 0 spiro atoms. The Morgan fingerprint density at radius 2 is 1.86 bits per heavy atom. The molecule has 1 saturated heterocycles. The standard InChI is InChI=1S/C15H22N4O2/c1-11(2)15(21)17-14-5-4-13(10-16-14)19-8-6-18(7-9-19)12(3)20/h4-5,10-11H,6-9H2,1-3H3,(H,16,17,21). The van der Waals surface area contributed by atoms with Gasteiger partial charge in [0.25, 0.3) is 0 Å². The van der Waals surface area contributed by atoms with Gasteiger partial charge in [0.2, 0.25) is 11.8 Å². The lowest BCUT2D eigenvalue weighted by molar-refractivity contribution is -0.129. The maximum absolute atomic E-state index is 11.6. The number of nitrogens with zero attached hydrogens (tertiary/aromatic N) is 3. The van der Waals surface area contributed by atoms with Crippen LogP contribution >= 0.6 is 0 Å². The first kappa shape index (κ1) is 15.3. The van der Waals surface area contributed by atoms with Crippen molar-refractivity contribution in [2.75, 3.05) is 36.4 Å². The fourth-order valence-electron chi connectivity index (χ4n) is 2.20. The minimum absolute atomic E-state index is 0.0367. The van der Waals surface area contributed by atoms with Crippen molar-refractivity contribution in [1.82, 2.24) is 9.88 Å². The number of pyridine rings is 1. The molecule has 0 aliphatic carbocycles. The van der Waals surface area contributed by atoms with Crippen LogP contribution in [-0.4, -0.2) is 47.9 Å². The quantitative estimate of drug-likeness (QED) is 0.912. The zero-order valence-electron chi connectivity index (χ0n) is 12.8. The fourth-order valence-corrected chi connectivity index (χ4v) is 2.20. The topological polar surface area (TPSA) is 65.5 Å². The van der Waals surface area contributed by atoms with E-state index < -0.39 is 0 Å². The number of carbonyl (C=O) groups excluding carboxylic acids is 2. The average Bonchev–Trinajstić information content (AvgIpc) is 2.48. The Kier molecular flexibility index (Phi) is 4.77. The zero-order chi connectivity index (χ0) is 15.4. The molecule has 0 bridgehead atoms. The van der Waals surface area contributed by atoms with Crippen molar-refractivity contribution in [2.24, 2.45) is 5.92 Å². The van der Waals surface area contributed by atoms with Gasteiger partial charge in [0.05, 0.1) is 11.9 Å². The summed E-state index contributed by atoms with van der Waals surface area (Å²) in [5, 5.41) is 2.77. The van der Waals surface area contributed by atoms with Crippen molar-refractivity contribution >= 4 is 23.3 Å². The Bertz CT molecular complexity index is 505. The monoisotopic (exact) mass is 290 g/mol. The van der Waals surface area contributed by atoms with Crippen molar-refractivity contribution in [1.29, 1.82) is 0 Å². The van der Waals surface area contributed by atoms with Crippen LogP contribution in [0.5, 0.6) is 0 Å². The van der Waals surface area contributed by atoms with Gasteiger partial charge >= 0.3 is 0 Å². The number of carbonyl (C=O) groups is 2. The number of hydrogen-bond acceptors (Lipinski definition) is 4. The van der Waals surface area contributed by atoms with E-state index >= 15 is 0 Å². The minimum Gasteiger partial charge on any atom is -0.367 e. The first-order valence-electron chi connectivity index (χ1n) is 7.24. The Morgan fingerprint density at radius 3 is 2.33 bits per heavy atom. The van der Waals surface area contributed by atoms with Gasteiger partial charge in [-0.3, -0.25) is 9.59 Å². The molecule has 21 heavy (non-hydrogen) atoms. The normalized spacial score (nSPS) is 15.2. The summed E-state index contributed by atoms with van der Waals surface area (Å²) in [5.41, 5.74) is 1.01. The van der Waals surface area contributed by atoms with Crippen molar-refractivity contribution in [2.45, 2.75) is 20.8 Å². The van der Waals surface area contributed by atoms with E-state index in [1.807, 2.05) is 30.9 Å². The summed E-state index contributed by atoms with van der Waals surface area (Å²) >= 11 is 0. The highest BCUT2D eigenvalue weighted by molar-refractivity contribution is 5.91. The Balaban J connectivity index is 1.94. The van der Waals surface area contributed by atoms with Crippen LogP contribution in [0.3, 0.4) is 0 Å². The number of aromatic nitrogens is 1. The average molecular weight is 290 g/mol. The van der Waals surface area contributed by atoms with Crippen molar-refractivity contribution < 1.29 is 9.59 Å². The molecule has 2 amide bonds. The largest absolute Gasteiger partial charge is 0.367 e. The van der Waals surface area contributed by atoms with Gasteiger partial charge in [-0.25, -0.2) is 4.98 Å². The van der Waals surface area contributed by atoms with Crippen LogP contribution in [0.1, 0.15) is 20.8 Å². The number of rotatable bonds is 3. The summed E-state index contributed by atoms with van der Waals surface area (Å²) < 4.78 is 0. The fraction of sp³-hybridized carbons (Fsp3) is 0.533. The minimum atomic E-state index is -0.0638.